The van der Waals surface area contributed by atoms with Crippen molar-refractivity contribution in [3.8, 4) is 17.6 Å². The van der Waals surface area contributed by atoms with Gasteiger partial charge >= 0.3 is 0 Å². The molecule has 0 aliphatic heterocycles. The molecule has 5 heteroatoms. The maximum absolute atomic E-state index is 12.2. The van der Waals surface area contributed by atoms with E-state index in [0.29, 0.717) is 29.9 Å². The molecule has 1 saturated carbocycles. The molecular formula is C18H19NO4. The molecule has 0 N–H and O–H groups in total. The van der Waals surface area contributed by atoms with E-state index in [1.165, 1.54) is 7.11 Å². The van der Waals surface area contributed by atoms with E-state index >= 15 is 0 Å². The van der Waals surface area contributed by atoms with Crippen LogP contribution in [0.2, 0.25) is 0 Å². The lowest BCUT2D eigenvalue weighted by Crippen LogP contribution is -2.31. The number of ketones is 2. The zero-order valence-corrected chi connectivity index (χ0v) is 13.5. The van der Waals surface area contributed by atoms with Crippen molar-refractivity contribution in [3.63, 3.8) is 0 Å². The van der Waals surface area contributed by atoms with Gasteiger partial charge in [-0.25, -0.2) is 0 Å². The summed E-state index contributed by atoms with van der Waals surface area (Å²) in [6.07, 6.45) is 2.33. The number of carbonyl (C=O) groups is 2. The summed E-state index contributed by atoms with van der Waals surface area (Å²) < 4.78 is 10.5. The second-order valence-electron chi connectivity index (χ2n) is 6.28. The highest BCUT2D eigenvalue weighted by molar-refractivity contribution is 6.25. The molecule has 1 aliphatic carbocycles. The summed E-state index contributed by atoms with van der Waals surface area (Å²) >= 11 is 0. The van der Waals surface area contributed by atoms with Crippen molar-refractivity contribution in [3.05, 3.63) is 29.3 Å². The maximum atomic E-state index is 12.2. The molecule has 0 heterocycles. The van der Waals surface area contributed by atoms with Crippen LogP contribution in [0.15, 0.2) is 23.8 Å². The lowest BCUT2D eigenvalue weighted by Gasteiger charge is -2.28. The number of ether oxygens (including phenoxy) is 2. The molecule has 1 aliphatic rings. The van der Waals surface area contributed by atoms with Gasteiger partial charge in [0, 0.05) is 12.8 Å². The third kappa shape index (κ3) is 3.98. The fraction of sp³-hybridized carbons (Fsp3) is 0.389. The average Bonchev–Trinajstić information content (AvgIpc) is 2.48. The van der Waals surface area contributed by atoms with E-state index in [-0.39, 0.29) is 29.2 Å². The number of hydrogen-bond donors (Lipinski definition) is 0. The number of carbonyl (C=O) groups excluding carboxylic acids is 2. The monoisotopic (exact) mass is 313 g/mol. The number of hydrogen-bond acceptors (Lipinski definition) is 5. The molecule has 1 fully saturated rings. The van der Waals surface area contributed by atoms with Gasteiger partial charge in [0.1, 0.15) is 6.07 Å². The van der Waals surface area contributed by atoms with Crippen molar-refractivity contribution in [2.45, 2.75) is 26.7 Å². The third-order valence-corrected chi connectivity index (χ3v) is 3.67. The topological polar surface area (TPSA) is 76.4 Å². The number of Topliss-reactive ketones (excluding diaryl/α,β-unsaturated/α-hetero) is 2. The molecule has 0 saturated heterocycles. The van der Waals surface area contributed by atoms with Crippen LogP contribution in [-0.2, 0) is 9.59 Å². The molecule has 120 valence electrons. The predicted octanol–water partition coefficient (Wildman–Crippen LogP) is 2.94. The highest BCUT2D eigenvalue weighted by Crippen LogP contribution is 2.35. The lowest BCUT2D eigenvalue weighted by molar-refractivity contribution is -0.127. The summed E-state index contributed by atoms with van der Waals surface area (Å²) in [6, 6.07) is 6.95. The minimum Gasteiger partial charge on any atom is -0.493 e. The first-order valence-corrected chi connectivity index (χ1v) is 7.32. The van der Waals surface area contributed by atoms with Gasteiger partial charge in [0.05, 0.1) is 12.7 Å². The molecule has 0 unspecified atom stereocenters. The van der Waals surface area contributed by atoms with Gasteiger partial charge in [0.15, 0.2) is 29.7 Å². The molecule has 0 aromatic heterocycles. The van der Waals surface area contributed by atoms with Crippen LogP contribution in [0.25, 0.3) is 6.08 Å². The maximum Gasteiger partial charge on any atom is 0.174 e. The van der Waals surface area contributed by atoms with Crippen LogP contribution in [0.4, 0.5) is 0 Å². The van der Waals surface area contributed by atoms with E-state index in [2.05, 4.69) is 0 Å². The molecule has 0 spiro atoms. The SMILES string of the molecule is COc1cc(C=C2C(=O)CC(C)(C)CC2=O)ccc1OCC#N. The molecule has 1 aromatic carbocycles. The van der Waals surface area contributed by atoms with Crippen LogP contribution >= 0.6 is 0 Å². The van der Waals surface area contributed by atoms with E-state index < -0.39 is 0 Å². The van der Waals surface area contributed by atoms with E-state index in [9.17, 15) is 9.59 Å². The van der Waals surface area contributed by atoms with Gasteiger partial charge in [-0.1, -0.05) is 19.9 Å². The summed E-state index contributed by atoms with van der Waals surface area (Å²) in [4.78, 5) is 24.4. The Hall–Kier alpha value is -2.61. The quantitative estimate of drug-likeness (QED) is 0.631. The molecule has 1 aromatic rings. The van der Waals surface area contributed by atoms with Crippen LogP contribution in [0, 0.1) is 16.7 Å². The normalized spacial score (nSPS) is 16.7. The smallest absolute Gasteiger partial charge is 0.174 e. The zero-order chi connectivity index (χ0) is 17.0. The van der Waals surface area contributed by atoms with E-state index in [0.717, 1.165) is 0 Å². The molecule has 0 amide bonds. The van der Waals surface area contributed by atoms with Crippen molar-refractivity contribution in [1.82, 2.24) is 0 Å². The summed E-state index contributed by atoms with van der Waals surface area (Å²) in [6.45, 7) is 3.76. The highest BCUT2D eigenvalue weighted by Gasteiger charge is 2.35. The van der Waals surface area contributed by atoms with Crippen molar-refractivity contribution < 1.29 is 19.1 Å². The number of nitriles is 1. The summed E-state index contributed by atoms with van der Waals surface area (Å²) in [5, 5.41) is 8.56. The Bertz CT molecular complexity index is 688. The predicted molar refractivity (Wildman–Crippen MR) is 85.1 cm³/mol. The van der Waals surface area contributed by atoms with E-state index in [1.54, 1.807) is 24.3 Å². The number of rotatable bonds is 4. The minimum atomic E-state index is -0.280. The number of benzene rings is 1. The Labute approximate surface area is 135 Å². The van der Waals surface area contributed by atoms with Crippen molar-refractivity contribution in [2.24, 2.45) is 5.41 Å². The molecule has 0 bridgehead atoms. The first-order valence-electron chi connectivity index (χ1n) is 7.32. The summed E-state index contributed by atoms with van der Waals surface area (Å²) in [5.41, 5.74) is 0.637. The highest BCUT2D eigenvalue weighted by atomic mass is 16.5. The number of methoxy groups -OCH3 is 1. The van der Waals surface area contributed by atoms with Crippen LogP contribution in [0.1, 0.15) is 32.3 Å². The molecular weight excluding hydrogens is 294 g/mol. The fourth-order valence-electron chi connectivity index (χ4n) is 2.61. The van der Waals surface area contributed by atoms with E-state index in [4.69, 9.17) is 14.7 Å². The standard InChI is InChI=1S/C18H19NO4/c1-18(2)10-14(20)13(15(21)11-18)8-12-4-5-16(23-7-6-19)17(9-12)22-3/h4-5,8-9H,7,10-11H2,1-3H3. The van der Waals surface area contributed by atoms with Crippen molar-refractivity contribution >= 4 is 17.6 Å². The average molecular weight is 313 g/mol. The number of allylic oxidation sites excluding steroid dienone is 1. The Balaban J connectivity index is 2.30. The van der Waals surface area contributed by atoms with Gasteiger partial charge in [-0.3, -0.25) is 9.59 Å². The molecule has 0 radical (unpaired) electrons. The van der Waals surface area contributed by atoms with Gasteiger partial charge in [-0.2, -0.15) is 5.26 Å². The number of nitrogens with zero attached hydrogens (tertiary/aromatic N) is 1. The molecule has 2 rings (SSSR count). The van der Waals surface area contributed by atoms with Gasteiger partial charge in [-0.05, 0) is 29.2 Å². The largest absolute Gasteiger partial charge is 0.493 e. The van der Waals surface area contributed by atoms with Crippen LogP contribution in [0.5, 0.6) is 11.5 Å². The van der Waals surface area contributed by atoms with Gasteiger partial charge in [0.2, 0.25) is 0 Å². The van der Waals surface area contributed by atoms with Crippen molar-refractivity contribution in [1.29, 1.82) is 5.26 Å². The Morgan fingerprint density at radius 2 is 1.87 bits per heavy atom. The fourth-order valence-corrected chi connectivity index (χ4v) is 2.61. The molecule has 23 heavy (non-hydrogen) atoms. The van der Waals surface area contributed by atoms with Gasteiger partial charge in [-0.15, -0.1) is 0 Å². The summed E-state index contributed by atoms with van der Waals surface area (Å²) in [5.74, 6) is 0.634. The zero-order valence-electron chi connectivity index (χ0n) is 13.5. The Kier molecular flexibility index (Phi) is 4.85. The molecule has 5 nitrogen and oxygen atoms in total. The van der Waals surface area contributed by atoms with Crippen molar-refractivity contribution in [2.75, 3.05) is 13.7 Å². The molecule has 0 atom stereocenters. The minimum absolute atomic E-state index is 0.0805. The second kappa shape index (κ2) is 6.66. The van der Waals surface area contributed by atoms with Crippen LogP contribution in [0.3, 0.4) is 0 Å². The first-order chi connectivity index (χ1) is 10.9. The third-order valence-electron chi connectivity index (χ3n) is 3.67. The van der Waals surface area contributed by atoms with Gasteiger partial charge < -0.3 is 9.47 Å². The van der Waals surface area contributed by atoms with E-state index in [1.807, 2.05) is 19.9 Å². The lowest BCUT2D eigenvalue weighted by atomic mass is 9.74. The van der Waals surface area contributed by atoms with Crippen LogP contribution < -0.4 is 9.47 Å². The summed E-state index contributed by atoms with van der Waals surface area (Å²) in [7, 11) is 1.49. The Morgan fingerprint density at radius 1 is 1.22 bits per heavy atom. The second-order valence-corrected chi connectivity index (χ2v) is 6.28. The first kappa shape index (κ1) is 16.8. The Morgan fingerprint density at radius 3 is 2.43 bits per heavy atom. The van der Waals surface area contributed by atoms with Gasteiger partial charge in [0.25, 0.3) is 0 Å². The van der Waals surface area contributed by atoms with Crippen LogP contribution in [-0.4, -0.2) is 25.3 Å².